The number of aryl methyl sites for hydroxylation is 1. The average molecular weight is 210 g/mol. The molecule has 1 aromatic heterocycles. The highest BCUT2D eigenvalue weighted by Gasteiger charge is 2.19. The second-order valence-corrected chi connectivity index (χ2v) is 4.48. The lowest BCUT2D eigenvalue weighted by Gasteiger charge is -2.26. The fourth-order valence-corrected chi connectivity index (χ4v) is 1.41. The second kappa shape index (κ2) is 5.33. The molecule has 0 aliphatic heterocycles. The van der Waals surface area contributed by atoms with Gasteiger partial charge in [0, 0.05) is 6.54 Å². The Morgan fingerprint density at radius 3 is 2.67 bits per heavy atom. The molecule has 0 bridgehead atoms. The molecule has 1 aromatic rings. The van der Waals surface area contributed by atoms with E-state index in [1.807, 2.05) is 19.1 Å². The van der Waals surface area contributed by atoms with Gasteiger partial charge in [0.25, 0.3) is 0 Å². The molecule has 1 rings (SSSR count). The molecule has 86 valence electrons. The predicted octanol–water partition coefficient (Wildman–Crippen LogP) is 2.05. The Hall–Kier alpha value is -0.800. The van der Waals surface area contributed by atoms with Crippen LogP contribution in [0, 0.1) is 12.3 Å². The summed E-state index contributed by atoms with van der Waals surface area (Å²) < 4.78 is 5.47. The summed E-state index contributed by atoms with van der Waals surface area (Å²) in [4.78, 5) is 0. The number of hydrogen-bond acceptors (Lipinski definition) is 3. The number of furan rings is 1. The standard InChI is InChI=1S/C12H22N2O/c1-4-12(3,8-13)9-14-7-11-6-5-10(2)15-11/h5-6,14H,4,7-9,13H2,1-3H3. The van der Waals surface area contributed by atoms with Crippen LogP contribution < -0.4 is 11.1 Å². The quantitative estimate of drug-likeness (QED) is 0.755. The largest absolute Gasteiger partial charge is 0.465 e. The van der Waals surface area contributed by atoms with Crippen LogP contribution in [0.4, 0.5) is 0 Å². The van der Waals surface area contributed by atoms with Crippen molar-refractivity contribution < 1.29 is 4.42 Å². The fourth-order valence-electron chi connectivity index (χ4n) is 1.41. The highest BCUT2D eigenvalue weighted by molar-refractivity contribution is 5.05. The lowest BCUT2D eigenvalue weighted by Crippen LogP contribution is -2.37. The van der Waals surface area contributed by atoms with Crippen molar-refractivity contribution in [3.63, 3.8) is 0 Å². The number of rotatable bonds is 6. The van der Waals surface area contributed by atoms with Gasteiger partial charge in [-0.25, -0.2) is 0 Å². The van der Waals surface area contributed by atoms with E-state index in [1.54, 1.807) is 0 Å². The van der Waals surface area contributed by atoms with Gasteiger partial charge in [-0.05, 0) is 37.4 Å². The molecule has 1 heterocycles. The summed E-state index contributed by atoms with van der Waals surface area (Å²) in [6.45, 7) is 8.76. The van der Waals surface area contributed by atoms with Gasteiger partial charge >= 0.3 is 0 Å². The third kappa shape index (κ3) is 3.68. The van der Waals surface area contributed by atoms with Crippen LogP contribution in [0.5, 0.6) is 0 Å². The average Bonchev–Trinajstić information content (AvgIpc) is 2.64. The van der Waals surface area contributed by atoms with Crippen LogP contribution in [0.2, 0.25) is 0 Å². The van der Waals surface area contributed by atoms with E-state index in [0.717, 1.165) is 31.0 Å². The topological polar surface area (TPSA) is 51.2 Å². The summed E-state index contributed by atoms with van der Waals surface area (Å²) in [7, 11) is 0. The fraction of sp³-hybridized carbons (Fsp3) is 0.667. The van der Waals surface area contributed by atoms with E-state index in [2.05, 4.69) is 19.2 Å². The van der Waals surface area contributed by atoms with E-state index < -0.39 is 0 Å². The number of nitrogens with two attached hydrogens (primary N) is 1. The Bertz CT molecular complexity index is 290. The molecule has 15 heavy (non-hydrogen) atoms. The highest BCUT2D eigenvalue weighted by atomic mass is 16.3. The van der Waals surface area contributed by atoms with Gasteiger partial charge < -0.3 is 15.5 Å². The van der Waals surface area contributed by atoms with E-state index in [9.17, 15) is 0 Å². The van der Waals surface area contributed by atoms with Gasteiger partial charge in [-0.2, -0.15) is 0 Å². The summed E-state index contributed by atoms with van der Waals surface area (Å²) in [5, 5.41) is 3.38. The van der Waals surface area contributed by atoms with Crippen LogP contribution in [0.1, 0.15) is 31.8 Å². The summed E-state index contributed by atoms with van der Waals surface area (Å²) in [5.74, 6) is 1.95. The van der Waals surface area contributed by atoms with E-state index in [-0.39, 0.29) is 5.41 Å². The molecular formula is C12H22N2O. The first kappa shape index (κ1) is 12.3. The monoisotopic (exact) mass is 210 g/mol. The first-order valence-corrected chi connectivity index (χ1v) is 5.56. The SMILES string of the molecule is CCC(C)(CN)CNCc1ccc(C)o1. The minimum atomic E-state index is 0.196. The molecule has 0 radical (unpaired) electrons. The molecule has 0 aliphatic carbocycles. The Morgan fingerprint density at radius 2 is 2.20 bits per heavy atom. The zero-order valence-corrected chi connectivity index (χ0v) is 9.97. The second-order valence-electron chi connectivity index (χ2n) is 4.48. The van der Waals surface area contributed by atoms with E-state index >= 15 is 0 Å². The smallest absolute Gasteiger partial charge is 0.117 e. The van der Waals surface area contributed by atoms with Gasteiger partial charge in [-0.15, -0.1) is 0 Å². The van der Waals surface area contributed by atoms with Crippen molar-refractivity contribution in [3.8, 4) is 0 Å². The lowest BCUT2D eigenvalue weighted by molar-refractivity contribution is 0.297. The van der Waals surface area contributed by atoms with Crippen molar-refractivity contribution in [2.75, 3.05) is 13.1 Å². The molecule has 0 aliphatic rings. The molecular weight excluding hydrogens is 188 g/mol. The maximum absolute atomic E-state index is 5.74. The van der Waals surface area contributed by atoms with E-state index in [4.69, 9.17) is 10.2 Å². The van der Waals surface area contributed by atoms with Crippen molar-refractivity contribution in [2.24, 2.45) is 11.1 Å². The van der Waals surface area contributed by atoms with Gasteiger partial charge in [0.2, 0.25) is 0 Å². The summed E-state index contributed by atoms with van der Waals surface area (Å²) in [5.41, 5.74) is 5.93. The zero-order valence-electron chi connectivity index (χ0n) is 9.97. The maximum Gasteiger partial charge on any atom is 0.117 e. The van der Waals surface area contributed by atoms with Gasteiger partial charge in [-0.1, -0.05) is 13.8 Å². The maximum atomic E-state index is 5.74. The van der Waals surface area contributed by atoms with Crippen LogP contribution in [0.15, 0.2) is 16.5 Å². The van der Waals surface area contributed by atoms with E-state index in [1.165, 1.54) is 0 Å². The van der Waals surface area contributed by atoms with Crippen molar-refractivity contribution in [1.82, 2.24) is 5.32 Å². The van der Waals surface area contributed by atoms with Crippen LogP contribution in [0.3, 0.4) is 0 Å². The first-order chi connectivity index (χ1) is 7.09. The van der Waals surface area contributed by atoms with Gasteiger partial charge in [-0.3, -0.25) is 0 Å². The zero-order chi connectivity index (χ0) is 11.3. The molecule has 3 nitrogen and oxygen atoms in total. The van der Waals surface area contributed by atoms with E-state index in [0.29, 0.717) is 6.54 Å². The van der Waals surface area contributed by atoms with Crippen molar-refractivity contribution >= 4 is 0 Å². The van der Waals surface area contributed by atoms with Crippen molar-refractivity contribution in [2.45, 2.75) is 33.7 Å². The van der Waals surface area contributed by atoms with Gasteiger partial charge in [0.15, 0.2) is 0 Å². The lowest BCUT2D eigenvalue weighted by atomic mass is 9.88. The van der Waals surface area contributed by atoms with Crippen LogP contribution >= 0.6 is 0 Å². The van der Waals surface area contributed by atoms with Crippen LogP contribution in [-0.2, 0) is 6.54 Å². The Labute approximate surface area is 92.0 Å². The molecule has 0 saturated carbocycles. The molecule has 0 fully saturated rings. The molecule has 1 atom stereocenters. The molecule has 3 heteroatoms. The summed E-state index contributed by atoms with van der Waals surface area (Å²) in [6, 6.07) is 3.99. The van der Waals surface area contributed by atoms with Crippen LogP contribution in [0.25, 0.3) is 0 Å². The molecule has 0 saturated heterocycles. The third-order valence-corrected chi connectivity index (χ3v) is 2.99. The molecule has 0 amide bonds. The first-order valence-electron chi connectivity index (χ1n) is 5.56. The summed E-state index contributed by atoms with van der Waals surface area (Å²) in [6.07, 6.45) is 1.09. The van der Waals surface area contributed by atoms with Crippen molar-refractivity contribution in [1.29, 1.82) is 0 Å². The van der Waals surface area contributed by atoms with Crippen molar-refractivity contribution in [3.05, 3.63) is 23.7 Å². The summed E-state index contributed by atoms with van der Waals surface area (Å²) >= 11 is 0. The minimum Gasteiger partial charge on any atom is -0.465 e. The predicted molar refractivity (Wildman–Crippen MR) is 62.6 cm³/mol. The Morgan fingerprint density at radius 1 is 1.47 bits per heavy atom. The third-order valence-electron chi connectivity index (χ3n) is 2.99. The molecule has 0 aromatic carbocycles. The Kier molecular flexibility index (Phi) is 4.36. The van der Waals surface area contributed by atoms with Gasteiger partial charge in [0.05, 0.1) is 6.54 Å². The number of nitrogens with one attached hydrogen (secondary N) is 1. The molecule has 3 N–H and O–H groups in total. The molecule has 0 spiro atoms. The molecule has 1 unspecified atom stereocenters. The highest BCUT2D eigenvalue weighted by Crippen LogP contribution is 2.17. The Balaban J connectivity index is 2.32. The van der Waals surface area contributed by atoms with Gasteiger partial charge in [0.1, 0.15) is 11.5 Å². The number of hydrogen-bond donors (Lipinski definition) is 2. The minimum absolute atomic E-state index is 0.196. The normalized spacial score (nSPS) is 15.2. The van der Waals surface area contributed by atoms with Crippen LogP contribution in [-0.4, -0.2) is 13.1 Å².